The summed E-state index contributed by atoms with van der Waals surface area (Å²) < 4.78 is 5.27. The topological polar surface area (TPSA) is 54.2 Å². The van der Waals surface area contributed by atoms with Crippen molar-refractivity contribution < 1.29 is 9.84 Å². The van der Waals surface area contributed by atoms with E-state index in [0.717, 1.165) is 17.9 Å². The number of aliphatic hydroxyl groups is 1. The highest BCUT2D eigenvalue weighted by Gasteiger charge is 2.32. The third-order valence-electron chi connectivity index (χ3n) is 3.49. The number of methoxy groups -OCH3 is 1. The SMILES string of the molecule is COc1ccc2c(c1)C1=C(C2)N=NC1CC(C)O. The molecule has 18 heavy (non-hydrogen) atoms. The minimum atomic E-state index is -0.365. The van der Waals surface area contributed by atoms with Crippen molar-refractivity contribution in [2.24, 2.45) is 10.2 Å². The number of hydrogen-bond acceptors (Lipinski definition) is 4. The third kappa shape index (κ3) is 1.73. The Morgan fingerprint density at radius 2 is 2.33 bits per heavy atom. The van der Waals surface area contributed by atoms with Crippen LogP contribution in [0.4, 0.5) is 0 Å². The van der Waals surface area contributed by atoms with Gasteiger partial charge in [-0.05, 0) is 30.2 Å². The average molecular weight is 244 g/mol. The Hall–Kier alpha value is -1.68. The molecule has 0 amide bonds. The van der Waals surface area contributed by atoms with Crippen LogP contribution < -0.4 is 4.74 Å². The van der Waals surface area contributed by atoms with Crippen LogP contribution in [0.2, 0.25) is 0 Å². The molecule has 1 aromatic carbocycles. The summed E-state index contributed by atoms with van der Waals surface area (Å²) in [6.45, 7) is 1.79. The molecule has 0 bridgehead atoms. The van der Waals surface area contributed by atoms with Gasteiger partial charge in [-0.1, -0.05) is 6.07 Å². The van der Waals surface area contributed by atoms with Crippen molar-refractivity contribution in [2.45, 2.75) is 31.9 Å². The van der Waals surface area contributed by atoms with Crippen molar-refractivity contribution >= 4 is 5.57 Å². The molecule has 0 saturated carbocycles. The fourth-order valence-electron chi connectivity index (χ4n) is 2.66. The Balaban J connectivity index is 1.98. The second kappa shape index (κ2) is 4.21. The quantitative estimate of drug-likeness (QED) is 0.888. The van der Waals surface area contributed by atoms with Crippen molar-refractivity contribution in [3.8, 4) is 5.75 Å². The molecule has 0 radical (unpaired) electrons. The van der Waals surface area contributed by atoms with Crippen molar-refractivity contribution in [3.63, 3.8) is 0 Å². The summed E-state index contributed by atoms with van der Waals surface area (Å²) >= 11 is 0. The van der Waals surface area contributed by atoms with Gasteiger partial charge in [0.1, 0.15) is 11.8 Å². The van der Waals surface area contributed by atoms with Gasteiger partial charge in [0.2, 0.25) is 0 Å². The number of ether oxygens (including phenoxy) is 1. The molecule has 1 aromatic rings. The van der Waals surface area contributed by atoms with E-state index in [-0.39, 0.29) is 12.1 Å². The van der Waals surface area contributed by atoms with E-state index in [4.69, 9.17) is 4.74 Å². The molecule has 4 heteroatoms. The third-order valence-corrected chi connectivity index (χ3v) is 3.49. The van der Waals surface area contributed by atoms with Crippen molar-refractivity contribution in [1.29, 1.82) is 0 Å². The highest BCUT2D eigenvalue weighted by Crippen LogP contribution is 2.43. The Bertz CT molecular complexity index is 547. The van der Waals surface area contributed by atoms with Crippen LogP contribution in [-0.4, -0.2) is 24.4 Å². The van der Waals surface area contributed by atoms with Crippen molar-refractivity contribution in [3.05, 3.63) is 35.0 Å². The molecule has 4 nitrogen and oxygen atoms in total. The molecule has 1 aliphatic heterocycles. The Kier molecular flexibility index (Phi) is 2.67. The molecule has 2 aliphatic rings. The number of rotatable bonds is 3. The van der Waals surface area contributed by atoms with Gasteiger partial charge in [-0.15, -0.1) is 0 Å². The Morgan fingerprint density at radius 1 is 1.50 bits per heavy atom. The predicted molar refractivity (Wildman–Crippen MR) is 68.6 cm³/mol. The summed E-state index contributed by atoms with van der Waals surface area (Å²) in [6, 6.07) is 6.10. The number of aliphatic hydroxyl groups excluding tert-OH is 1. The first kappa shape index (κ1) is 11.4. The standard InChI is InChI=1S/C14H16N2O2/c1-8(17)5-12-14-11-7-10(18-2)4-3-9(11)6-13(14)16-15-12/h3-4,7-8,12,17H,5-6H2,1-2H3. The number of benzene rings is 1. The summed E-state index contributed by atoms with van der Waals surface area (Å²) in [5.41, 5.74) is 4.67. The monoisotopic (exact) mass is 244 g/mol. The molecular formula is C14H16N2O2. The lowest BCUT2D eigenvalue weighted by Gasteiger charge is -2.14. The minimum Gasteiger partial charge on any atom is -0.497 e. The molecule has 2 atom stereocenters. The molecule has 94 valence electrons. The first-order valence-corrected chi connectivity index (χ1v) is 6.18. The zero-order chi connectivity index (χ0) is 12.7. The van der Waals surface area contributed by atoms with Crippen LogP contribution in [0, 0.1) is 0 Å². The van der Waals surface area contributed by atoms with Crippen LogP contribution in [0.1, 0.15) is 24.5 Å². The summed E-state index contributed by atoms with van der Waals surface area (Å²) in [6.07, 6.45) is 1.10. The molecule has 1 N–H and O–H groups in total. The molecule has 0 spiro atoms. The number of hydrogen-bond donors (Lipinski definition) is 1. The highest BCUT2D eigenvalue weighted by atomic mass is 16.5. The maximum atomic E-state index is 9.53. The Morgan fingerprint density at radius 3 is 3.06 bits per heavy atom. The van der Waals surface area contributed by atoms with Gasteiger partial charge < -0.3 is 9.84 Å². The van der Waals surface area contributed by atoms with E-state index in [9.17, 15) is 5.11 Å². The second-order valence-corrected chi connectivity index (χ2v) is 4.88. The summed E-state index contributed by atoms with van der Waals surface area (Å²) in [4.78, 5) is 0. The maximum absolute atomic E-state index is 9.53. The van der Waals surface area contributed by atoms with Crippen molar-refractivity contribution in [1.82, 2.24) is 0 Å². The zero-order valence-electron chi connectivity index (χ0n) is 10.6. The molecule has 0 fully saturated rings. The maximum Gasteiger partial charge on any atom is 0.119 e. The summed E-state index contributed by atoms with van der Waals surface area (Å²) in [5.74, 6) is 0.852. The lowest BCUT2D eigenvalue weighted by atomic mass is 9.96. The fraction of sp³-hybridized carbons (Fsp3) is 0.429. The van der Waals surface area contributed by atoms with E-state index < -0.39 is 0 Å². The van der Waals surface area contributed by atoms with Crippen LogP contribution in [-0.2, 0) is 6.42 Å². The minimum absolute atomic E-state index is 0.00615. The van der Waals surface area contributed by atoms with Crippen LogP contribution in [0.15, 0.2) is 34.1 Å². The summed E-state index contributed by atoms with van der Waals surface area (Å²) in [7, 11) is 1.67. The number of nitrogens with zero attached hydrogens (tertiary/aromatic N) is 2. The van der Waals surface area contributed by atoms with Gasteiger partial charge in [0, 0.05) is 18.4 Å². The van der Waals surface area contributed by atoms with Gasteiger partial charge in [-0.2, -0.15) is 10.2 Å². The lowest BCUT2D eigenvalue weighted by Crippen LogP contribution is -2.13. The number of fused-ring (bicyclic) bond motifs is 2. The van der Waals surface area contributed by atoms with E-state index in [0.29, 0.717) is 6.42 Å². The van der Waals surface area contributed by atoms with Gasteiger partial charge in [-0.25, -0.2) is 0 Å². The predicted octanol–water partition coefficient (Wildman–Crippen LogP) is 2.57. The number of azo groups is 1. The van der Waals surface area contributed by atoms with Crippen LogP contribution in [0.3, 0.4) is 0 Å². The largest absolute Gasteiger partial charge is 0.497 e. The van der Waals surface area contributed by atoms with Gasteiger partial charge in [0.05, 0.1) is 18.9 Å². The van der Waals surface area contributed by atoms with Gasteiger partial charge in [0.25, 0.3) is 0 Å². The van der Waals surface area contributed by atoms with E-state index in [1.807, 2.05) is 12.1 Å². The number of allylic oxidation sites excluding steroid dienone is 1. The molecular weight excluding hydrogens is 228 g/mol. The van der Waals surface area contributed by atoms with Crippen LogP contribution in [0.5, 0.6) is 5.75 Å². The molecule has 3 rings (SSSR count). The first-order chi connectivity index (χ1) is 8.69. The lowest BCUT2D eigenvalue weighted by molar-refractivity contribution is 0.181. The van der Waals surface area contributed by atoms with E-state index in [1.54, 1.807) is 14.0 Å². The van der Waals surface area contributed by atoms with E-state index in [1.165, 1.54) is 16.7 Å². The van der Waals surface area contributed by atoms with Gasteiger partial charge in [-0.3, -0.25) is 0 Å². The van der Waals surface area contributed by atoms with Gasteiger partial charge >= 0.3 is 0 Å². The highest BCUT2D eigenvalue weighted by molar-refractivity contribution is 5.81. The molecule has 0 aromatic heterocycles. The molecule has 2 unspecified atom stereocenters. The zero-order valence-corrected chi connectivity index (χ0v) is 10.6. The molecule has 1 heterocycles. The molecule has 0 saturated heterocycles. The Labute approximate surface area is 106 Å². The normalized spacial score (nSPS) is 22.1. The molecule has 1 aliphatic carbocycles. The smallest absolute Gasteiger partial charge is 0.119 e. The second-order valence-electron chi connectivity index (χ2n) is 4.88. The fourth-order valence-corrected chi connectivity index (χ4v) is 2.66. The van der Waals surface area contributed by atoms with Crippen LogP contribution >= 0.6 is 0 Å². The summed E-state index contributed by atoms with van der Waals surface area (Å²) in [5, 5.41) is 18.1. The van der Waals surface area contributed by atoms with E-state index >= 15 is 0 Å². The van der Waals surface area contributed by atoms with Crippen molar-refractivity contribution in [2.75, 3.05) is 7.11 Å². The van der Waals surface area contributed by atoms with E-state index in [2.05, 4.69) is 16.3 Å². The first-order valence-electron chi connectivity index (χ1n) is 6.18. The van der Waals surface area contributed by atoms with Gasteiger partial charge in [0.15, 0.2) is 0 Å². The average Bonchev–Trinajstić information content (AvgIpc) is 2.88. The van der Waals surface area contributed by atoms with Crippen LogP contribution in [0.25, 0.3) is 5.57 Å².